The van der Waals surface area contributed by atoms with Crippen LogP contribution >= 0.6 is 0 Å². The van der Waals surface area contributed by atoms with Crippen LogP contribution < -0.4 is 5.32 Å². The summed E-state index contributed by atoms with van der Waals surface area (Å²) in [6.07, 6.45) is 0.576. The lowest BCUT2D eigenvalue weighted by molar-refractivity contribution is -0.132. The highest BCUT2D eigenvalue weighted by atomic mass is 19.1. The second-order valence-corrected chi connectivity index (χ2v) is 5.81. The number of anilines is 1. The van der Waals surface area contributed by atoms with Crippen molar-refractivity contribution in [3.63, 3.8) is 0 Å². The van der Waals surface area contributed by atoms with Crippen LogP contribution in [0.1, 0.15) is 23.7 Å². The third-order valence-electron chi connectivity index (χ3n) is 4.26. The first-order valence-electron chi connectivity index (χ1n) is 7.45. The van der Waals surface area contributed by atoms with E-state index in [9.17, 15) is 14.0 Å². The molecule has 1 heterocycles. The molecule has 0 saturated carbocycles. The number of hydrogen-bond donors (Lipinski definition) is 1. The Labute approximate surface area is 133 Å². The molecule has 4 nitrogen and oxygen atoms in total. The van der Waals surface area contributed by atoms with Gasteiger partial charge in [0.15, 0.2) is 0 Å². The maximum absolute atomic E-state index is 13.3. The molecule has 1 aliphatic heterocycles. The minimum absolute atomic E-state index is 0.236. The molecule has 1 fully saturated rings. The van der Waals surface area contributed by atoms with Gasteiger partial charge in [0, 0.05) is 17.8 Å². The molecule has 2 aromatic rings. The number of nitrogens with zero attached hydrogens (tertiary/aromatic N) is 1. The third kappa shape index (κ3) is 2.82. The molecule has 1 saturated heterocycles. The van der Waals surface area contributed by atoms with Gasteiger partial charge in [-0.25, -0.2) is 4.39 Å². The maximum Gasteiger partial charge on any atom is 0.254 e. The van der Waals surface area contributed by atoms with E-state index in [0.29, 0.717) is 18.7 Å². The minimum Gasteiger partial charge on any atom is -0.324 e. The molecule has 0 aromatic heterocycles. The third-order valence-corrected chi connectivity index (χ3v) is 4.26. The molecule has 23 heavy (non-hydrogen) atoms. The topological polar surface area (TPSA) is 49.4 Å². The summed E-state index contributed by atoms with van der Waals surface area (Å²) in [5.41, 5.74) is 0.0198. The normalized spacial score (nSPS) is 19.8. The number of carbonyl (C=O) groups excluding carboxylic acids is 2. The molecule has 1 N–H and O–H groups in total. The summed E-state index contributed by atoms with van der Waals surface area (Å²) >= 11 is 0. The van der Waals surface area contributed by atoms with Crippen molar-refractivity contribution in [2.45, 2.75) is 18.9 Å². The fourth-order valence-electron chi connectivity index (χ4n) is 2.69. The number of hydrogen-bond acceptors (Lipinski definition) is 2. The molecule has 0 aliphatic carbocycles. The van der Waals surface area contributed by atoms with E-state index >= 15 is 0 Å². The van der Waals surface area contributed by atoms with Crippen LogP contribution in [0.2, 0.25) is 0 Å². The lowest BCUT2D eigenvalue weighted by atomic mass is 9.84. The molecule has 2 amide bonds. The van der Waals surface area contributed by atoms with E-state index in [1.165, 1.54) is 23.1 Å². The fraction of sp³-hybridized carbons (Fsp3) is 0.222. The predicted octanol–water partition coefficient (Wildman–Crippen LogP) is 3.07. The zero-order chi connectivity index (χ0) is 16.4. The molecule has 0 spiro atoms. The van der Waals surface area contributed by atoms with Crippen molar-refractivity contribution in [3.8, 4) is 0 Å². The van der Waals surface area contributed by atoms with E-state index in [0.717, 1.165) is 0 Å². The molecule has 1 atom stereocenters. The number of carbonyl (C=O) groups is 2. The number of halogens is 1. The first kappa shape index (κ1) is 15.2. The molecule has 2 aromatic carbocycles. The van der Waals surface area contributed by atoms with Crippen LogP contribution in [0, 0.1) is 5.82 Å². The van der Waals surface area contributed by atoms with Gasteiger partial charge < -0.3 is 10.2 Å². The van der Waals surface area contributed by atoms with Gasteiger partial charge in [0.1, 0.15) is 11.4 Å². The van der Waals surface area contributed by atoms with Gasteiger partial charge in [-0.15, -0.1) is 0 Å². The Morgan fingerprint density at radius 1 is 1.13 bits per heavy atom. The van der Waals surface area contributed by atoms with E-state index in [1.807, 2.05) is 18.2 Å². The van der Waals surface area contributed by atoms with Gasteiger partial charge >= 0.3 is 0 Å². The van der Waals surface area contributed by atoms with Gasteiger partial charge in [0.25, 0.3) is 5.91 Å². The van der Waals surface area contributed by atoms with Gasteiger partial charge in [-0.2, -0.15) is 0 Å². The summed E-state index contributed by atoms with van der Waals surface area (Å²) in [5, 5.41) is 2.83. The molecule has 1 unspecified atom stereocenters. The fourth-order valence-corrected chi connectivity index (χ4v) is 2.69. The molecular weight excluding hydrogens is 295 g/mol. The molecular formula is C18H17FN2O2. The lowest BCUT2D eigenvalue weighted by Crippen LogP contribution is -2.66. The number of likely N-dealkylation sites (tertiary alicyclic amines) is 1. The van der Waals surface area contributed by atoms with Gasteiger partial charge in [0.05, 0.1) is 0 Å². The van der Waals surface area contributed by atoms with Crippen molar-refractivity contribution in [1.29, 1.82) is 0 Å². The van der Waals surface area contributed by atoms with Crippen LogP contribution in [0.15, 0.2) is 54.6 Å². The van der Waals surface area contributed by atoms with E-state index in [1.54, 1.807) is 25.1 Å². The zero-order valence-electron chi connectivity index (χ0n) is 12.8. The zero-order valence-corrected chi connectivity index (χ0v) is 12.8. The molecule has 3 rings (SSSR count). The summed E-state index contributed by atoms with van der Waals surface area (Å²) in [6, 6.07) is 14.6. The Hall–Kier alpha value is -2.69. The van der Waals surface area contributed by atoms with Crippen LogP contribution in [-0.2, 0) is 4.79 Å². The van der Waals surface area contributed by atoms with Crippen molar-refractivity contribution < 1.29 is 14.0 Å². The summed E-state index contributed by atoms with van der Waals surface area (Å²) in [4.78, 5) is 26.6. The Kier molecular flexibility index (Phi) is 3.86. The van der Waals surface area contributed by atoms with Crippen LogP contribution in [-0.4, -0.2) is 28.8 Å². The monoisotopic (exact) mass is 312 g/mol. The van der Waals surface area contributed by atoms with Crippen molar-refractivity contribution in [1.82, 2.24) is 4.90 Å². The maximum atomic E-state index is 13.3. The molecule has 1 aliphatic rings. The highest BCUT2D eigenvalue weighted by Gasteiger charge is 2.49. The van der Waals surface area contributed by atoms with E-state index < -0.39 is 11.4 Å². The Bertz CT molecular complexity index is 748. The molecule has 0 bridgehead atoms. The molecule has 118 valence electrons. The highest BCUT2D eigenvalue weighted by Crippen LogP contribution is 2.33. The van der Waals surface area contributed by atoms with Crippen LogP contribution in [0.25, 0.3) is 0 Å². The van der Waals surface area contributed by atoms with E-state index in [2.05, 4.69) is 5.32 Å². The standard InChI is InChI=1S/C18H17FN2O2/c1-18(17(23)20-15-8-3-2-4-9-15)10-11-21(18)16(22)13-6-5-7-14(19)12-13/h2-9,12H,10-11H2,1H3,(H,20,23). The van der Waals surface area contributed by atoms with Crippen LogP contribution in [0.5, 0.6) is 0 Å². The van der Waals surface area contributed by atoms with E-state index in [4.69, 9.17) is 0 Å². The smallest absolute Gasteiger partial charge is 0.254 e. The summed E-state index contributed by atoms with van der Waals surface area (Å²) in [6.45, 7) is 2.21. The second-order valence-electron chi connectivity index (χ2n) is 5.81. The van der Waals surface area contributed by atoms with Crippen LogP contribution in [0.4, 0.5) is 10.1 Å². The van der Waals surface area contributed by atoms with E-state index in [-0.39, 0.29) is 17.4 Å². The minimum atomic E-state index is -0.917. The van der Waals surface area contributed by atoms with Crippen molar-refractivity contribution >= 4 is 17.5 Å². The Morgan fingerprint density at radius 3 is 2.48 bits per heavy atom. The first-order chi connectivity index (χ1) is 11.0. The number of nitrogens with one attached hydrogen (secondary N) is 1. The average Bonchev–Trinajstić information content (AvgIpc) is 2.54. The van der Waals surface area contributed by atoms with Gasteiger partial charge in [-0.3, -0.25) is 9.59 Å². The van der Waals surface area contributed by atoms with Crippen molar-refractivity contribution in [2.24, 2.45) is 0 Å². The van der Waals surface area contributed by atoms with Crippen molar-refractivity contribution in [2.75, 3.05) is 11.9 Å². The van der Waals surface area contributed by atoms with Gasteiger partial charge in [0.2, 0.25) is 5.91 Å². The number of para-hydroxylation sites is 1. The number of benzene rings is 2. The number of amides is 2. The summed E-state index contributed by atoms with van der Waals surface area (Å²) < 4.78 is 13.3. The Balaban J connectivity index is 1.77. The highest BCUT2D eigenvalue weighted by molar-refractivity contribution is 6.04. The average molecular weight is 312 g/mol. The molecule has 0 radical (unpaired) electrons. The number of rotatable bonds is 3. The SMILES string of the molecule is CC1(C(=O)Nc2ccccc2)CCN1C(=O)c1cccc(F)c1. The molecule has 5 heteroatoms. The van der Waals surface area contributed by atoms with Gasteiger partial charge in [-0.05, 0) is 43.7 Å². The summed E-state index contributed by atoms with van der Waals surface area (Å²) in [5.74, 6) is -1.03. The largest absolute Gasteiger partial charge is 0.324 e. The Morgan fingerprint density at radius 2 is 1.87 bits per heavy atom. The first-order valence-corrected chi connectivity index (χ1v) is 7.45. The second kappa shape index (κ2) is 5.83. The van der Waals surface area contributed by atoms with Gasteiger partial charge in [-0.1, -0.05) is 24.3 Å². The lowest BCUT2D eigenvalue weighted by Gasteiger charge is -2.49. The van der Waals surface area contributed by atoms with Crippen LogP contribution in [0.3, 0.4) is 0 Å². The summed E-state index contributed by atoms with van der Waals surface area (Å²) in [7, 11) is 0. The quantitative estimate of drug-likeness (QED) is 0.947. The van der Waals surface area contributed by atoms with Crippen molar-refractivity contribution in [3.05, 3.63) is 66.0 Å². The predicted molar refractivity (Wildman–Crippen MR) is 85.5 cm³/mol.